The average Bonchev–Trinajstić information content (AvgIpc) is 2.92. The zero-order valence-corrected chi connectivity index (χ0v) is 23.5. The second kappa shape index (κ2) is 11.7. The van der Waals surface area contributed by atoms with E-state index in [4.69, 9.17) is 42.1 Å². The van der Waals surface area contributed by atoms with E-state index in [-0.39, 0.29) is 10.6 Å². The third-order valence-electron chi connectivity index (χ3n) is 5.91. The van der Waals surface area contributed by atoms with Gasteiger partial charge >= 0.3 is 0 Å². The highest BCUT2D eigenvalue weighted by Crippen LogP contribution is 2.34. The fourth-order valence-corrected chi connectivity index (χ4v) is 4.45. The molecule has 0 N–H and O–H groups in total. The molecule has 10 nitrogen and oxygen atoms in total. The predicted octanol–water partition coefficient (Wildman–Crippen LogP) is 5.03. The SMILES string of the molecule is COc1ccc(CN(C)c2nc(Cl)nc3c(N(C)Cc4ccc(OC)c(OC)c4)nc(Cl)nc23)cc1OC. The summed E-state index contributed by atoms with van der Waals surface area (Å²) in [6.07, 6.45) is 0. The van der Waals surface area contributed by atoms with Crippen molar-refractivity contribution in [3.8, 4) is 23.0 Å². The molecule has 0 spiro atoms. The van der Waals surface area contributed by atoms with Crippen LogP contribution < -0.4 is 28.7 Å². The van der Waals surface area contributed by atoms with Gasteiger partial charge in [-0.05, 0) is 58.6 Å². The summed E-state index contributed by atoms with van der Waals surface area (Å²) >= 11 is 12.8. The molecule has 0 saturated carbocycles. The van der Waals surface area contributed by atoms with Crippen LogP contribution in [0.4, 0.5) is 11.6 Å². The van der Waals surface area contributed by atoms with E-state index >= 15 is 0 Å². The van der Waals surface area contributed by atoms with Gasteiger partial charge in [-0.1, -0.05) is 12.1 Å². The first kappa shape index (κ1) is 27.3. The molecule has 38 heavy (non-hydrogen) atoms. The molecule has 12 heteroatoms. The van der Waals surface area contributed by atoms with Gasteiger partial charge in [0.15, 0.2) is 34.6 Å². The van der Waals surface area contributed by atoms with Crippen LogP contribution in [0.3, 0.4) is 0 Å². The van der Waals surface area contributed by atoms with E-state index in [1.54, 1.807) is 28.4 Å². The molecule has 4 rings (SSSR count). The number of anilines is 2. The van der Waals surface area contributed by atoms with Gasteiger partial charge in [-0.2, -0.15) is 9.97 Å². The summed E-state index contributed by atoms with van der Waals surface area (Å²) in [5, 5.41) is 0.136. The van der Waals surface area contributed by atoms with Gasteiger partial charge < -0.3 is 28.7 Å². The summed E-state index contributed by atoms with van der Waals surface area (Å²) in [6.45, 7) is 0.975. The molecule has 2 heterocycles. The Hall–Kier alpha value is -3.76. The summed E-state index contributed by atoms with van der Waals surface area (Å²) in [5.74, 6) is 3.59. The quantitative estimate of drug-likeness (QED) is 0.246. The van der Waals surface area contributed by atoms with E-state index in [2.05, 4.69) is 19.9 Å². The zero-order chi connectivity index (χ0) is 27.4. The average molecular weight is 559 g/mol. The molecule has 0 fully saturated rings. The highest BCUT2D eigenvalue weighted by Gasteiger charge is 2.21. The Labute approximate surface area is 231 Å². The van der Waals surface area contributed by atoms with Gasteiger partial charge in [-0.25, -0.2) is 9.97 Å². The van der Waals surface area contributed by atoms with Crippen molar-refractivity contribution in [2.24, 2.45) is 0 Å². The number of hydrogen-bond donors (Lipinski definition) is 0. The van der Waals surface area contributed by atoms with Crippen LogP contribution in [0.2, 0.25) is 10.6 Å². The molecule has 0 radical (unpaired) electrons. The normalized spacial score (nSPS) is 10.8. The number of ether oxygens (including phenoxy) is 4. The van der Waals surface area contributed by atoms with Crippen molar-refractivity contribution in [1.29, 1.82) is 0 Å². The van der Waals surface area contributed by atoms with E-state index in [9.17, 15) is 0 Å². The van der Waals surface area contributed by atoms with Crippen LogP contribution >= 0.6 is 23.2 Å². The molecule has 0 amide bonds. The number of halogens is 2. The summed E-state index contributed by atoms with van der Waals surface area (Å²) < 4.78 is 21.6. The lowest BCUT2D eigenvalue weighted by Crippen LogP contribution is -2.21. The van der Waals surface area contributed by atoms with Crippen molar-refractivity contribution in [2.45, 2.75) is 13.1 Å². The molecule has 2 aromatic heterocycles. The van der Waals surface area contributed by atoms with Crippen LogP contribution in [-0.4, -0.2) is 62.5 Å². The molecule has 0 bridgehead atoms. The Morgan fingerprint density at radius 3 is 1.29 bits per heavy atom. The summed E-state index contributed by atoms with van der Waals surface area (Å²) in [7, 11) is 10.2. The second-order valence-electron chi connectivity index (χ2n) is 8.42. The standard InChI is InChI=1S/C26H28Cl2N6O4/c1-33(13-15-7-9-17(35-3)19(11-15)37-5)23-21-22(30-25(27)31-23)24(32-26(28)29-21)34(2)14-16-8-10-18(36-4)20(12-16)38-6/h7-12H,13-14H2,1-6H3. The van der Waals surface area contributed by atoms with Crippen molar-refractivity contribution in [2.75, 3.05) is 52.3 Å². The first-order chi connectivity index (χ1) is 18.3. The van der Waals surface area contributed by atoms with Gasteiger partial charge in [0.05, 0.1) is 28.4 Å². The third kappa shape index (κ3) is 5.71. The van der Waals surface area contributed by atoms with Gasteiger partial charge in [0.1, 0.15) is 11.0 Å². The van der Waals surface area contributed by atoms with Gasteiger partial charge in [0, 0.05) is 27.2 Å². The molecular formula is C26H28Cl2N6O4. The van der Waals surface area contributed by atoms with Crippen molar-refractivity contribution in [1.82, 2.24) is 19.9 Å². The van der Waals surface area contributed by atoms with Crippen LogP contribution in [0.1, 0.15) is 11.1 Å². The van der Waals surface area contributed by atoms with Crippen LogP contribution in [-0.2, 0) is 13.1 Å². The molecular weight excluding hydrogens is 531 g/mol. The predicted molar refractivity (Wildman–Crippen MR) is 148 cm³/mol. The number of methoxy groups -OCH3 is 4. The maximum atomic E-state index is 6.38. The van der Waals surface area contributed by atoms with Crippen molar-refractivity contribution < 1.29 is 18.9 Å². The molecule has 200 valence electrons. The van der Waals surface area contributed by atoms with Crippen LogP contribution in [0.15, 0.2) is 36.4 Å². The molecule has 0 aliphatic carbocycles. The number of hydrogen-bond acceptors (Lipinski definition) is 10. The van der Waals surface area contributed by atoms with Gasteiger partial charge in [-0.15, -0.1) is 0 Å². The molecule has 0 aliphatic heterocycles. The zero-order valence-electron chi connectivity index (χ0n) is 22.0. The first-order valence-electron chi connectivity index (χ1n) is 11.5. The molecule has 0 atom stereocenters. The summed E-state index contributed by atoms with van der Waals surface area (Å²) in [5.41, 5.74) is 2.90. The molecule has 0 aliphatic rings. The maximum Gasteiger partial charge on any atom is 0.225 e. The lowest BCUT2D eigenvalue weighted by atomic mass is 10.2. The lowest BCUT2D eigenvalue weighted by molar-refractivity contribution is 0.354. The van der Waals surface area contributed by atoms with E-state index in [0.717, 1.165) is 11.1 Å². The summed E-state index contributed by atoms with van der Waals surface area (Å²) in [4.78, 5) is 21.7. The second-order valence-corrected chi connectivity index (χ2v) is 9.10. The number of benzene rings is 2. The number of fused-ring (bicyclic) bond motifs is 1. The smallest absolute Gasteiger partial charge is 0.225 e. The Bertz CT molecular complexity index is 1350. The Morgan fingerprint density at radius 1 is 0.579 bits per heavy atom. The van der Waals surface area contributed by atoms with E-state index in [1.807, 2.05) is 60.3 Å². The first-order valence-corrected chi connectivity index (χ1v) is 12.3. The number of aromatic nitrogens is 4. The molecule has 0 saturated heterocycles. The van der Waals surface area contributed by atoms with Gasteiger partial charge in [-0.3, -0.25) is 0 Å². The number of nitrogens with zero attached hydrogens (tertiary/aromatic N) is 6. The molecule has 0 unspecified atom stereocenters. The Balaban J connectivity index is 1.70. The van der Waals surface area contributed by atoms with Gasteiger partial charge in [0.2, 0.25) is 10.6 Å². The molecule has 4 aromatic rings. The minimum absolute atomic E-state index is 0.0679. The Kier molecular flexibility index (Phi) is 8.43. The fraction of sp³-hybridized carbons (Fsp3) is 0.308. The van der Waals surface area contributed by atoms with Crippen LogP contribution in [0.25, 0.3) is 11.0 Å². The van der Waals surface area contributed by atoms with Crippen molar-refractivity contribution >= 4 is 45.9 Å². The molecule has 2 aromatic carbocycles. The largest absolute Gasteiger partial charge is 0.493 e. The Morgan fingerprint density at radius 2 is 0.947 bits per heavy atom. The minimum atomic E-state index is 0.0679. The minimum Gasteiger partial charge on any atom is -0.493 e. The van der Waals surface area contributed by atoms with Crippen LogP contribution in [0, 0.1) is 0 Å². The van der Waals surface area contributed by atoms with E-state index < -0.39 is 0 Å². The van der Waals surface area contributed by atoms with Crippen molar-refractivity contribution in [3.05, 3.63) is 58.1 Å². The van der Waals surface area contributed by atoms with E-state index in [0.29, 0.717) is 58.8 Å². The van der Waals surface area contributed by atoms with E-state index in [1.165, 1.54) is 0 Å². The lowest BCUT2D eigenvalue weighted by Gasteiger charge is -2.23. The topological polar surface area (TPSA) is 95.0 Å². The van der Waals surface area contributed by atoms with Gasteiger partial charge in [0.25, 0.3) is 0 Å². The number of rotatable bonds is 10. The van der Waals surface area contributed by atoms with Crippen LogP contribution in [0.5, 0.6) is 23.0 Å². The summed E-state index contributed by atoms with van der Waals surface area (Å²) in [6, 6.07) is 11.4. The van der Waals surface area contributed by atoms with Crippen molar-refractivity contribution in [3.63, 3.8) is 0 Å². The fourth-order valence-electron chi connectivity index (χ4n) is 4.12. The maximum absolute atomic E-state index is 6.38. The highest BCUT2D eigenvalue weighted by atomic mass is 35.5. The highest BCUT2D eigenvalue weighted by molar-refractivity contribution is 6.30. The third-order valence-corrected chi connectivity index (χ3v) is 6.25. The monoisotopic (exact) mass is 558 g/mol.